The molecule has 0 radical (unpaired) electrons. The van der Waals surface area contributed by atoms with Gasteiger partial charge < -0.3 is 20.1 Å². The minimum absolute atomic E-state index is 0.00343. The molecular weight excluding hydrogens is 439 g/mol. The van der Waals surface area contributed by atoms with Gasteiger partial charge in [0.2, 0.25) is 6.79 Å². The summed E-state index contributed by atoms with van der Waals surface area (Å²) in [5.41, 5.74) is 1.29. The van der Waals surface area contributed by atoms with E-state index >= 15 is 0 Å². The van der Waals surface area contributed by atoms with E-state index in [-0.39, 0.29) is 23.1 Å². The van der Waals surface area contributed by atoms with Crippen LogP contribution in [0.5, 0.6) is 11.5 Å². The van der Waals surface area contributed by atoms with Gasteiger partial charge >= 0.3 is 0 Å². The largest absolute Gasteiger partial charge is 0.454 e. The van der Waals surface area contributed by atoms with E-state index in [2.05, 4.69) is 10.6 Å². The van der Waals surface area contributed by atoms with Gasteiger partial charge in [-0.1, -0.05) is 53.5 Å². The van der Waals surface area contributed by atoms with Crippen LogP contribution in [0.25, 0.3) is 6.08 Å². The van der Waals surface area contributed by atoms with Gasteiger partial charge in [-0.3, -0.25) is 9.59 Å². The van der Waals surface area contributed by atoms with Gasteiger partial charge in [0.1, 0.15) is 5.70 Å². The van der Waals surface area contributed by atoms with Gasteiger partial charge in [-0.2, -0.15) is 0 Å². The van der Waals surface area contributed by atoms with E-state index in [9.17, 15) is 9.59 Å². The number of rotatable bonds is 5. The molecule has 156 valence electrons. The quantitative estimate of drug-likeness (QED) is 0.523. The van der Waals surface area contributed by atoms with Crippen LogP contribution in [0.4, 0.5) is 5.69 Å². The van der Waals surface area contributed by atoms with Crippen molar-refractivity contribution in [1.29, 1.82) is 0 Å². The summed E-state index contributed by atoms with van der Waals surface area (Å²) < 4.78 is 10.7. The van der Waals surface area contributed by atoms with Crippen molar-refractivity contribution in [3.8, 4) is 11.5 Å². The Balaban J connectivity index is 1.66. The zero-order valence-corrected chi connectivity index (χ0v) is 17.5. The van der Waals surface area contributed by atoms with Crippen LogP contribution < -0.4 is 20.1 Å². The van der Waals surface area contributed by atoms with Crippen LogP contribution in [0.3, 0.4) is 0 Å². The van der Waals surface area contributed by atoms with Crippen molar-refractivity contribution >= 4 is 46.8 Å². The summed E-state index contributed by atoms with van der Waals surface area (Å²) in [7, 11) is 0. The lowest BCUT2D eigenvalue weighted by Gasteiger charge is -2.13. The summed E-state index contributed by atoms with van der Waals surface area (Å²) in [6.45, 7) is 0.131. The molecule has 8 heteroatoms. The van der Waals surface area contributed by atoms with Crippen molar-refractivity contribution in [2.45, 2.75) is 0 Å². The zero-order chi connectivity index (χ0) is 21.8. The number of ether oxygens (including phenoxy) is 2. The van der Waals surface area contributed by atoms with Gasteiger partial charge in [-0.05, 0) is 48.0 Å². The molecular formula is C23H16Cl2N2O4. The summed E-state index contributed by atoms with van der Waals surface area (Å²) in [4.78, 5) is 25.8. The number of carbonyl (C=O) groups excluding carboxylic acids is 2. The second-order valence-electron chi connectivity index (χ2n) is 6.54. The molecule has 6 nitrogen and oxygen atoms in total. The number of para-hydroxylation sites is 1. The molecule has 1 heterocycles. The van der Waals surface area contributed by atoms with Crippen LogP contribution in [-0.4, -0.2) is 18.6 Å². The molecule has 3 aromatic carbocycles. The molecule has 1 aliphatic heterocycles. The molecule has 0 saturated heterocycles. The zero-order valence-electron chi connectivity index (χ0n) is 16.0. The van der Waals surface area contributed by atoms with Crippen LogP contribution in [0.1, 0.15) is 15.9 Å². The van der Waals surface area contributed by atoms with Crippen molar-refractivity contribution in [1.82, 2.24) is 5.32 Å². The van der Waals surface area contributed by atoms with Crippen molar-refractivity contribution in [2.75, 3.05) is 12.1 Å². The molecule has 1 aliphatic rings. The molecule has 0 fully saturated rings. The number of fused-ring (bicyclic) bond motifs is 1. The molecule has 0 bridgehead atoms. The highest BCUT2D eigenvalue weighted by Crippen LogP contribution is 2.33. The fourth-order valence-corrected chi connectivity index (χ4v) is 3.32. The highest BCUT2D eigenvalue weighted by atomic mass is 35.5. The molecule has 31 heavy (non-hydrogen) atoms. The van der Waals surface area contributed by atoms with E-state index in [1.165, 1.54) is 6.08 Å². The Morgan fingerprint density at radius 1 is 0.871 bits per heavy atom. The summed E-state index contributed by atoms with van der Waals surface area (Å²) in [5.74, 6) is 0.0921. The molecule has 2 N–H and O–H groups in total. The number of hydrogen-bond acceptors (Lipinski definition) is 4. The van der Waals surface area contributed by atoms with Gasteiger partial charge in [0.25, 0.3) is 11.8 Å². The first-order valence-corrected chi connectivity index (χ1v) is 10.00. The Labute approximate surface area is 188 Å². The first-order chi connectivity index (χ1) is 15.0. The predicted molar refractivity (Wildman–Crippen MR) is 120 cm³/mol. The maximum atomic E-state index is 13.0. The van der Waals surface area contributed by atoms with Gasteiger partial charge in [0.05, 0.1) is 21.3 Å². The lowest BCUT2D eigenvalue weighted by atomic mass is 10.1. The Morgan fingerprint density at radius 2 is 1.58 bits per heavy atom. The summed E-state index contributed by atoms with van der Waals surface area (Å²) in [5, 5.41) is 6.00. The molecule has 3 aromatic rings. The number of amides is 2. The molecule has 0 spiro atoms. The van der Waals surface area contributed by atoms with Crippen LogP contribution >= 0.6 is 23.2 Å². The van der Waals surface area contributed by atoms with Crippen LogP contribution in [0.2, 0.25) is 10.0 Å². The second kappa shape index (κ2) is 9.12. The van der Waals surface area contributed by atoms with E-state index in [1.54, 1.807) is 66.7 Å². The van der Waals surface area contributed by atoms with Gasteiger partial charge in [-0.15, -0.1) is 0 Å². The third-order valence-electron chi connectivity index (χ3n) is 4.44. The van der Waals surface area contributed by atoms with Gasteiger partial charge in [-0.25, -0.2) is 0 Å². The Kier molecular flexibility index (Phi) is 6.11. The predicted octanol–water partition coefficient (Wildman–Crippen LogP) is 5.13. The second-order valence-corrected chi connectivity index (χ2v) is 7.35. The standard InChI is InChI=1S/C23H16Cl2N2O4/c24-16-6-2-1-5-15(16)22(28)27-19(23(29)26-18-8-4-3-7-17(18)25)11-14-9-10-20-21(12-14)31-13-30-20/h1-12H,13H2,(H,26,29)(H,27,28). The minimum Gasteiger partial charge on any atom is -0.454 e. The van der Waals surface area contributed by atoms with Crippen molar-refractivity contribution in [2.24, 2.45) is 0 Å². The van der Waals surface area contributed by atoms with Crippen LogP contribution in [0.15, 0.2) is 72.4 Å². The fraction of sp³-hybridized carbons (Fsp3) is 0.0435. The van der Waals surface area contributed by atoms with Crippen molar-refractivity contribution < 1.29 is 19.1 Å². The van der Waals surface area contributed by atoms with E-state index in [0.29, 0.717) is 27.8 Å². The SMILES string of the molecule is O=C(Nc1ccccc1Cl)C(=Cc1ccc2c(c1)OCO2)NC(=O)c1ccccc1Cl. The minimum atomic E-state index is -0.550. The Bertz CT molecular complexity index is 1190. The number of nitrogens with one attached hydrogen (secondary N) is 2. The molecule has 0 unspecified atom stereocenters. The highest BCUT2D eigenvalue weighted by molar-refractivity contribution is 6.34. The normalized spacial score (nSPS) is 12.4. The summed E-state index contributed by atoms with van der Waals surface area (Å²) >= 11 is 12.3. The lowest BCUT2D eigenvalue weighted by Crippen LogP contribution is -2.31. The monoisotopic (exact) mass is 454 g/mol. The molecule has 4 rings (SSSR count). The molecule has 0 saturated carbocycles. The fourth-order valence-electron chi connectivity index (χ4n) is 2.92. The summed E-state index contributed by atoms with van der Waals surface area (Å²) in [6, 6.07) is 18.6. The van der Waals surface area contributed by atoms with Crippen LogP contribution in [-0.2, 0) is 4.79 Å². The lowest BCUT2D eigenvalue weighted by molar-refractivity contribution is -0.113. The maximum Gasteiger partial charge on any atom is 0.272 e. The summed E-state index contributed by atoms with van der Waals surface area (Å²) in [6.07, 6.45) is 1.53. The molecule has 0 atom stereocenters. The first kappa shape index (κ1) is 20.8. The Morgan fingerprint density at radius 3 is 2.35 bits per heavy atom. The molecule has 2 amide bonds. The van der Waals surface area contributed by atoms with Crippen LogP contribution in [0, 0.1) is 0 Å². The number of anilines is 1. The number of hydrogen-bond donors (Lipinski definition) is 2. The third-order valence-corrected chi connectivity index (χ3v) is 5.10. The van der Waals surface area contributed by atoms with Crippen molar-refractivity contribution in [3.63, 3.8) is 0 Å². The number of carbonyl (C=O) groups is 2. The van der Waals surface area contributed by atoms with Gasteiger partial charge in [0, 0.05) is 0 Å². The average molecular weight is 455 g/mol. The van der Waals surface area contributed by atoms with E-state index in [1.807, 2.05) is 0 Å². The number of halogens is 2. The van der Waals surface area contributed by atoms with Crippen molar-refractivity contribution in [3.05, 3.63) is 93.6 Å². The maximum absolute atomic E-state index is 13.0. The first-order valence-electron chi connectivity index (χ1n) is 9.24. The topological polar surface area (TPSA) is 76.7 Å². The third kappa shape index (κ3) is 4.82. The average Bonchev–Trinajstić information content (AvgIpc) is 3.23. The van der Waals surface area contributed by atoms with E-state index in [4.69, 9.17) is 32.7 Å². The highest BCUT2D eigenvalue weighted by Gasteiger charge is 2.19. The van der Waals surface area contributed by atoms with Gasteiger partial charge in [0.15, 0.2) is 11.5 Å². The molecule has 0 aromatic heterocycles. The number of benzene rings is 3. The Hall–Kier alpha value is -3.48. The smallest absolute Gasteiger partial charge is 0.272 e. The molecule has 0 aliphatic carbocycles. The van der Waals surface area contributed by atoms with E-state index in [0.717, 1.165) is 0 Å². The van der Waals surface area contributed by atoms with E-state index < -0.39 is 11.8 Å².